The molecule has 0 fully saturated rings. The fourth-order valence-electron chi connectivity index (χ4n) is 1.42. The van der Waals surface area contributed by atoms with Gasteiger partial charge in [0.1, 0.15) is 4.64 Å². The highest BCUT2D eigenvalue weighted by atomic mass is 32.1. The average Bonchev–Trinajstić information content (AvgIpc) is 2.35. The highest BCUT2D eigenvalue weighted by molar-refractivity contribution is 7.71. The Morgan fingerprint density at radius 2 is 2.11 bits per heavy atom. The number of pyridine rings is 1. The number of aromatic amines is 1. The summed E-state index contributed by atoms with van der Waals surface area (Å²) >= 11 is 5.01. The van der Waals surface area contributed by atoms with Gasteiger partial charge < -0.3 is 15.6 Å². The molecule has 0 bridgehead atoms. The predicted octanol–water partition coefficient (Wildman–Crippen LogP) is 1.25. The fourth-order valence-corrected chi connectivity index (χ4v) is 1.64. The maximum absolute atomic E-state index is 11.9. The van der Waals surface area contributed by atoms with Gasteiger partial charge in [-0.1, -0.05) is 12.2 Å². The van der Waals surface area contributed by atoms with E-state index in [1.807, 2.05) is 0 Å². The van der Waals surface area contributed by atoms with Crippen molar-refractivity contribution in [2.75, 3.05) is 13.6 Å². The van der Waals surface area contributed by atoms with Gasteiger partial charge in [0.25, 0.3) is 5.91 Å². The Labute approximate surface area is 111 Å². The molecule has 6 heteroatoms. The molecular formula is C12H17N3O2S. The van der Waals surface area contributed by atoms with Gasteiger partial charge in [0.15, 0.2) is 0 Å². The van der Waals surface area contributed by atoms with Gasteiger partial charge in [0.05, 0.1) is 11.0 Å². The first-order valence-electron chi connectivity index (χ1n) is 5.56. The van der Waals surface area contributed by atoms with Gasteiger partial charge in [-0.05, 0) is 26.0 Å². The van der Waals surface area contributed by atoms with Crippen LogP contribution in [0.15, 0.2) is 18.3 Å². The molecule has 0 aliphatic rings. The van der Waals surface area contributed by atoms with E-state index in [4.69, 9.17) is 12.2 Å². The van der Waals surface area contributed by atoms with E-state index in [1.54, 1.807) is 39.2 Å². The zero-order valence-electron chi connectivity index (χ0n) is 10.7. The molecule has 5 nitrogen and oxygen atoms in total. The smallest absolute Gasteiger partial charge is 0.254 e. The summed E-state index contributed by atoms with van der Waals surface area (Å²) in [6.45, 7) is 3.77. The molecule has 1 heterocycles. The minimum atomic E-state index is -0.662. The second-order valence-corrected chi connectivity index (χ2v) is 4.97. The molecule has 0 aliphatic carbocycles. The van der Waals surface area contributed by atoms with Crippen LogP contribution in [-0.2, 0) is 4.79 Å². The summed E-state index contributed by atoms with van der Waals surface area (Å²) in [4.78, 5) is 26.2. The van der Waals surface area contributed by atoms with Gasteiger partial charge in [0.2, 0.25) is 5.91 Å². The van der Waals surface area contributed by atoms with Crippen LogP contribution in [0.4, 0.5) is 0 Å². The lowest BCUT2D eigenvalue weighted by Gasteiger charge is -2.22. The molecule has 1 rings (SSSR count). The molecule has 18 heavy (non-hydrogen) atoms. The fraction of sp³-hybridized carbons (Fsp3) is 0.417. The van der Waals surface area contributed by atoms with Gasteiger partial charge in [-0.25, -0.2) is 0 Å². The summed E-state index contributed by atoms with van der Waals surface area (Å²) in [5.41, 5.74) is -0.259. The maximum atomic E-state index is 11.9. The highest BCUT2D eigenvalue weighted by Gasteiger charge is 2.27. The zero-order chi connectivity index (χ0) is 13.8. The topological polar surface area (TPSA) is 74.0 Å². The molecule has 1 aromatic heterocycles. The number of carbonyl (C=O) groups excluding carboxylic acids is 2. The number of nitrogens with one attached hydrogen (secondary N) is 3. The van der Waals surface area contributed by atoms with Gasteiger partial charge in [0, 0.05) is 19.8 Å². The van der Waals surface area contributed by atoms with E-state index in [1.165, 1.54) is 0 Å². The third kappa shape index (κ3) is 3.40. The Morgan fingerprint density at radius 3 is 2.67 bits per heavy atom. The number of aromatic nitrogens is 1. The first-order valence-corrected chi connectivity index (χ1v) is 5.97. The Kier molecular flexibility index (Phi) is 4.61. The molecule has 3 N–H and O–H groups in total. The highest BCUT2D eigenvalue weighted by Crippen LogP contribution is 2.13. The molecule has 0 saturated carbocycles. The molecule has 0 spiro atoms. The van der Waals surface area contributed by atoms with Gasteiger partial charge >= 0.3 is 0 Å². The second-order valence-electron chi connectivity index (χ2n) is 4.56. The normalized spacial score (nSPS) is 10.8. The Hall–Kier alpha value is -1.69. The van der Waals surface area contributed by atoms with E-state index >= 15 is 0 Å². The van der Waals surface area contributed by atoms with Crippen molar-refractivity contribution < 1.29 is 9.59 Å². The number of amides is 2. The van der Waals surface area contributed by atoms with E-state index in [0.717, 1.165) is 0 Å². The minimum absolute atomic E-state index is 0.124. The monoisotopic (exact) mass is 267 g/mol. The van der Waals surface area contributed by atoms with Crippen molar-refractivity contribution in [3.05, 3.63) is 28.5 Å². The molecular weight excluding hydrogens is 250 g/mol. The van der Waals surface area contributed by atoms with Crippen LogP contribution in [-0.4, -0.2) is 30.4 Å². The lowest BCUT2D eigenvalue weighted by atomic mass is 9.92. The summed E-state index contributed by atoms with van der Waals surface area (Å²) in [5, 5.41) is 5.27. The maximum Gasteiger partial charge on any atom is 0.254 e. The Balaban J connectivity index is 2.71. The third-order valence-electron chi connectivity index (χ3n) is 2.60. The standard InChI is InChI=1S/C12H17N3O2S/c1-12(2,11(17)13-3)7-15-9(16)8-5-4-6-14-10(8)18/h4-6H,7H2,1-3H3,(H,13,17)(H,14,18)(H,15,16). The molecule has 0 saturated heterocycles. The van der Waals surface area contributed by atoms with E-state index < -0.39 is 5.41 Å². The molecule has 98 valence electrons. The van der Waals surface area contributed by atoms with Crippen molar-refractivity contribution in [3.8, 4) is 0 Å². The first-order chi connectivity index (χ1) is 8.38. The number of hydrogen-bond donors (Lipinski definition) is 3. The summed E-state index contributed by atoms with van der Waals surface area (Å²) in [5.74, 6) is -0.408. The van der Waals surface area contributed by atoms with Crippen LogP contribution in [0.3, 0.4) is 0 Å². The zero-order valence-corrected chi connectivity index (χ0v) is 11.5. The molecule has 0 atom stereocenters. The van der Waals surface area contributed by atoms with Crippen molar-refractivity contribution in [2.45, 2.75) is 13.8 Å². The number of H-pyrrole nitrogens is 1. The second kappa shape index (κ2) is 5.77. The first kappa shape index (κ1) is 14.4. The molecule has 1 aromatic rings. The third-order valence-corrected chi connectivity index (χ3v) is 2.93. The van der Waals surface area contributed by atoms with Gasteiger partial charge in [-0.3, -0.25) is 9.59 Å². The van der Waals surface area contributed by atoms with Crippen LogP contribution >= 0.6 is 12.2 Å². The molecule has 0 aliphatic heterocycles. The molecule has 2 amide bonds. The summed E-state index contributed by atoms with van der Waals surface area (Å²) in [7, 11) is 1.57. The van der Waals surface area contributed by atoms with E-state index in [9.17, 15) is 9.59 Å². The van der Waals surface area contributed by atoms with Crippen molar-refractivity contribution in [3.63, 3.8) is 0 Å². The minimum Gasteiger partial charge on any atom is -0.359 e. The summed E-state index contributed by atoms with van der Waals surface area (Å²) < 4.78 is 0.382. The average molecular weight is 267 g/mol. The predicted molar refractivity (Wildman–Crippen MR) is 71.8 cm³/mol. The van der Waals surface area contributed by atoms with Crippen LogP contribution in [0.1, 0.15) is 24.2 Å². The van der Waals surface area contributed by atoms with E-state index in [2.05, 4.69) is 15.6 Å². The van der Waals surface area contributed by atoms with Crippen LogP contribution in [0.5, 0.6) is 0 Å². The van der Waals surface area contributed by atoms with Crippen molar-refractivity contribution in [2.24, 2.45) is 5.41 Å². The Morgan fingerprint density at radius 1 is 1.44 bits per heavy atom. The van der Waals surface area contributed by atoms with Crippen LogP contribution < -0.4 is 10.6 Å². The molecule has 0 unspecified atom stereocenters. The summed E-state index contributed by atoms with van der Waals surface area (Å²) in [6, 6.07) is 3.34. The Bertz CT molecular complexity index is 508. The SMILES string of the molecule is CNC(=O)C(C)(C)CNC(=O)c1ccc[nH]c1=S. The molecule has 0 radical (unpaired) electrons. The number of carbonyl (C=O) groups is 2. The molecule has 0 aromatic carbocycles. The van der Waals surface area contributed by atoms with Crippen LogP contribution in [0, 0.1) is 10.1 Å². The van der Waals surface area contributed by atoms with Crippen molar-refractivity contribution in [1.29, 1.82) is 0 Å². The lowest BCUT2D eigenvalue weighted by Crippen LogP contribution is -2.43. The van der Waals surface area contributed by atoms with E-state index in [-0.39, 0.29) is 18.4 Å². The number of hydrogen-bond acceptors (Lipinski definition) is 3. The largest absolute Gasteiger partial charge is 0.359 e. The van der Waals surface area contributed by atoms with Crippen LogP contribution in [0.2, 0.25) is 0 Å². The summed E-state index contributed by atoms with van der Waals surface area (Å²) in [6.07, 6.45) is 1.66. The van der Waals surface area contributed by atoms with Gasteiger partial charge in [-0.2, -0.15) is 0 Å². The lowest BCUT2D eigenvalue weighted by molar-refractivity contribution is -0.128. The number of rotatable bonds is 4. The van der Waals surface area contributed by atoms with Crippen molar-refractivity contribution in [1.82, 2.24) is 15.6 Å². The van der Waals surface area contributed by atoms with Crippen molar-refractivity contribution >= 4 is 24.0 Å². The van der Waals surface area contributed by atoms with E-state index in [0.29, 0.717) is 10.2 Å². The van der Waals surface area contributed by atoms with Gasteiger partial charge in [-0.15, -0.1) is 0 Å². The quantitative estimate of drug-likeness (QED) is 0.719. The van der Waals surface area contributed by atoms with Crippen LogP contribution in [0.25, 0.3) is 0 Å².